The van der Waals surface area contributed by atoms with Gasteiger partial charge in [-0.2, -0.15) is 0 Å². The van der Waals surface area contributed by atoms with Crippen LogP contribution in [-0.4, -0.2) is 50.1 Å². The molecule has 0 aromatic heterocycles. The maximum Gasteiger partial charge on any atom is 0.241 e. The fourth-order valence-corrected chi connectivity index (χ4v) is 3.54. The van der Waals surface area contributed by atoms with E-state index >= 15 is 0 Å². The molecule has 0 saturated carbocycles. The topological polar surface area (TPSA) is 44.8 Å². The van der Waals surface area contributed by atoms with E-state index in [4.69, 9.17) is 4.74 Å². The van der Waals surface area contributed by atoms with Crippen molar-refractivity contribution in [1.82, 2.24) is 4.90 Å². The summed E-state index contributed by atoms with van der Waals surface area (Å²) in [5.74, 6) is 1.41. The number of rotatable bonds is 6. The summed E-state index contributed by atoms with van der Waals surface area (Å²) in [6.07, 6.45) is 0. The fourth-order valence-electron chi connectivity index (χ4n) is 3.54. The Morgan fingerprint density at radius 1 is 1.00 bits per heavy atom. The zero-order chi connectivity index (χ0) is 20.1. The number of carbonyl (C=O) groups is 1. The van der Waals surface area contributed by atoms with Gasteiger partial charge in [-0.1, -0.05) is 32.0 Å². The van der Waals surface area contributed by atoms with Gasteiger partial charge in [0.25, 0.3) is 0 Å². The van der Waals surface area contributed by atoms with E-state index in [1.807, 2.05) is 31.2 Å². The lowest BCUT2D eigenvalue weighted by molar-refractivity contribution is -0.120. The molecular weight excluding hydrogens is 350 g/mol. The largest absolute Gasteiger partial charge is 0.497 e. The Labute approximate surface area is 168 Å². The van der Waals surface area contributed by atoms with Gasteiger partial charge >= 0.3 is 0 Å². The second-order valence-corrected chi connectivity index (χ2v) is 7.67. The molecule has 2 aromatic carbocycles. The van der Waals surface area contributed by atoms with Gasteiger partial charge in [0.1, 0.15) is 5.75 Å². The molecule has 1 fully saturated rings. The molecule has 0 radical (unpaired) electrons. The maximum atomic E-state index is 12.7. The number of piperazine rings is 1. The van der Waals surface area contributed by atoms with Crippen molar-refractivity contribution in [2.45, 2.75) is 32.7 Å². The molecule has 5 heteroatoms. The number of nitrogens with zero attached hydrogens (tertiary/aromatic N) is 2. The molecule has 1 amide bonds. The lowest BCUT2D eigenvalue weighted by Gasteiger charge is -2.38. The van der Waals surface area contributed by atoms with Crippen LogP contribution in [0.25, 0.3) is 0 Å². The number of ether oxygens (including phenoxy) is 1. The predicted molar refractivity (Wildman–Crippen MR) is 115 cm³/mol. The highest BCUT2D eigenvalue weighted by Crippen LogP contribution is 2.23. The zero-order valence-electron chi connectivity index (χ0n) is 17.3. The quantitative estimate of drug-likeness (QED) is 0.822. The van der Waals surface area contributed by atoms with Gasteiger partial charge < -0.3 is 15.0 Å². The van der Waals surface area contributed by atoms with Crippen molar-refractivity contribution in [3.63, 3.8) is 0 Å². The van der Waals surface area contributed by atoms with Gasteiger partial charge in [0.2, 0.25) is 5.91 Å². The van der Waals surface area contributed by atoms with Crippen molar-refractivity contribution in [2.75, 3.05) is 43.5 Å². The molecule has 1 saturated heterocycles. The van der Waals surface area contributed by atoms with Crippen LogP contribution in [0.1, 0.15) is 32.3 Å². The second kappa shape index (κ2) is 9.11. The lowest BCUT2D eigenvalue weighted by atomic mass is 10.0. The Bertz CT molecular complexity index is 781. The molecular formula is C23H31N3O2. The van der Waals surface area contributed by atoms with Crippen LogP contribution in [0.2, 0.25) is 0 Å². The molecule has 5 nitrogen and oxygen atoms in total. The van der Waals surface area contributed by atoms with Crippen molar-refractivity contribution >= 4 is 17.3 Å². The standard InChI is InChI=1S/C23H31N3O2/c1-17(2)19-8-10-20(11-9-19)24-23(27)18(3)25-12-14-26(15-13-25)21-6-5-7-22(16-21)28-4/h5-11,16-18H,12-15H2,1-4H3,(H,24,27)/t18-/m0/s1. The smallest absolute Gasteiger partial charge is 0.241 e. The summed E-state index contributed by atoms with van der Waals surface area (Å²) in [6, 6.07) is 16.1. The normalized spacial score (nSPS) is 16.1. The summed E-state index contributed by atoms with van der Waals surface area (Å²) < 4.78 is 5.32. The van der Waals surface area contributed by atoms with Gasteiger partial charge in [-0.15, -0.1) is 0 Å². The van der Waals surface area contributed by atoms with Gasteiger partial charge in [0.05, 0.1) is 13.2 Å². The minimum absolute atomic E-state index is 0.0483. The third-order valence-corrected chi connectivity index (χ3v) is 5.50. The van der Waals surface area contributed by atoms with E-state index < -0.39 is 0 Å². The van der Waals surface area contributed by atoms with E-state index in [0.29, 0.717) is 5.92 Å². The molecule has 2 aromatic rings. The van der Waals surface area contributed by atoms with E-state index in [9.17, 15) is 4.79 Å². The zero-order valence-corrected chi connectivity index (χ0v) is 17.3. The van der Waals surface area contributed by atoms with Gasteiger partial charge in [-0.25, -0.2) is 0 Å². The number of anilines is 2. The second-order valence-electron chi connectivity index (χ2n) is 7.67. The van der Waals surface area contributed by atoms with Crippen LogP contribution in [-0.2, 0) is 4.79 Å². The summed E-state index contributed by atoms with van der Waals surface area (Å²) in [6.45, 7) is 9.83. The van der Waals surface area contributed by atoms with Crippen molar-refractivity contribution < 1.29 is 9.53 Å². The van der Waals surface area contributed by atoms with Gasteiger partial charge in [-0.05, 0) is 42.7 Å². The van der Waals surface area contributed by atoms with E-state index in [1.165, 1.54) is 11.3 Å². The maximum absolute atomic E-state index is 12.7. The number of carbonyl (C=O) groups excluding carboxylic acids is 1. The van der Waals surface area contributed by atoms with E-state index in [1.54, 1.807) is 7.11 Å². The molecule has 1 N–H and O–H groups in total. The first-order valence-corrected chi connectivity index (χ1v) is 10.0. The first-order chi connectivity index (χ1) is 13.5. The number of hydrogen-bond acceptors (Lipinski definition) is 4. The SMILES string of the molecule is COc1cccc(N2CCN([C@@H](C)C(=O)Nc3ccc(C(C)C)cc3)CC2)c1. The molecule has 28 heavy (non-hydrogen) atoms. The molecule has 1 atom stereocenters. The monoisotopic (exact) mass is 381 g/mol. The number of methoxy groups -OCH3 is 1. The van der Waals surface area contributed by atoms with Crippen LogP contribution in [0.4, 0.5) is 11.4 Å². The van der Waals surface area contributed by atoms with Crippen molar-refractivity contribution in [1.29, 1.82) is 0 Å². The molecule has 1 aliphatic heterocycles. The average molecular weight is 382 g/mol. The van der Waals surface area contributed by atoms with Crippen LogP contribution in [0.15, 0.2) is 48.5 Å². The third kappa shape index (κ3) is 4.84. The number of nitrogens with one attached hydrogen (secondary N) is 1. The molecule has 0 bridgehead atoms. The molecule has 0 aliphatic carbocycles. The molecule has 1 aliphatic rings. The highest BCUT2D eigenvalue weighted by molar-refractivity contribution is 5.94. The van der Waals surface area contributed by atoms with Crippen molar-refractivity contribution in [3.05, 3.63) is 54.1 Å². The van der Waals surface area contributed by atoms with E-state index in [-0.39, 0.29) is 11.9 Å². The minimum Gasteiger partial charge on any atom is -0.497 e. The first-order valence-electron chi connectivity index (χ1n) is 10.0. The highest BCUT2D eigenvalue weighted by atomic mass is 16.5. The van der Waals surface area contributed by atoms with Crippen LogP contribution in [0.5, 0.6) is 5.75 Å². The third-order valence-electron chi connectivity index (χ3n) is 5.50. The Kier molecular flexibility index (Phi) is 6.57. The van der Waals surface area contributed by atoms with Crippen LogP contribution < -0.4 is 15.0 Å². The summed E-state index contributed by atoms with van der Waals surface area (Å²) in [5.41, 5.74) is 3.30. The number of amides is 1. The number of benzene rings is 2. The summed E-state index contributed by atoms with van der Waals surface area (Å²) in [7, 11) is 1.69. The van der Waals surface area contributed by atoms with E-state index in [2.05, 4.69) is 53.2 Å². The first kappa shape index (κ1) is 20.2. The van der Waals surface area contributed by atoms with E-state index in [0.717, 1.165) is 37.6 Å². The molecule has 1 heterocycles. The molecule has 3 rings (SSSR count). The average Bonchev–Trinajstić information content (AvgIpc) is 2.73. The predicted octanol–water partition coefficient (Wildman–Crippen LogP) is 3.97. The molecule has 0 unspecified atom stereocenters. The van der Waals surface area contributed by atoms with Crippen LogP contribution in [0.3, 0.4) is 0 Å². The van der Waals surface area contributed by atoms with Gasteiger partial charge in [-0.3, -0.25) is 9.69 Å². The summed E-state index contributed by atoms with van der Waals surface area (Å²) >= 11 is 0. The number of hydrogen-bond donors (Lipinski definition) is 1. The van der Waals surface area contributed by atoms with Crippen LogP contribution in [0, 0.1) is 0 Å². The Morgan fingerprint density at radius 2 is 1.68 bits per heavy atom. The minimum atomic E-state index is -0.155. The molecule has 150 valence electrons. The summed E-state index contributed by atoms with van der Waals surface area (Å²) in [4.78, 5) is 17.3. The van der Waals surface area contributed by atoms with Gasteiger partial charge in [0.15, 0.2) is 0 Å². The fraction of sp³-hybridized carbons (Fsp3) is 0.435. The lowest BCUT2D eigenvalue weighted by Crippen LogP contribution is -2.52. The Hall–Kier alpha value is -2.53. The van der Waals surface area contributed by atoms with Crippen molar-refractivity contribution in [2.24, 2.45) is 0 Å². The van der Waals surface area contributed by atoms with Crippen molar-refractivity contribution in [3.8, 4) is 5.75 Å². The van der Waals surface area contributed by atoms with Gasteiger partial charge in [0, 0.05) is 43.6 Å². The Balaban J connectivity index is 1.53. The van der Waals surface area contributed by atoms with Crippen LogP contribution >= 0.6 is 0 Å². The Morgan fingerprint density at radius 3 is 2.29 bits per heavy atom. The molecule has 0 spiro atoms. The summed E-state index contributed by atoms with van der Waals surface area (Å²) in [5, 5.41) is 3.05. The highest BCUT2D eigenvalue weighted by Gasteiger charge is 2.25.